The summed E-state index contributed by atoms with van der Waals surface area (Å²) in [6.07, 6.45) is 0. The Labute approximate surface area is 52.8 Å². The monoisotopic (exact) mass is 109 g/mol. The van der Waals surface area contributed by atoms with Crippen molar-refractivity contribution in [2.75, 3.05) is 14.1 Å². The van der Waals surface area contributed by atoms with E-state index in [-0.39, 0.29) is 0 Å². The van der Waals surface area contributed by atoms with E-state index < -0.39 is 0 Å². The Balaban J connectivity index is 4.00. The fourth-order valence-corrected chi connectivity index (χ4v) is 0.447. The summed E-state index contributed by atoms with van der Waals surface area (Å²) in [5, 5.41) is 0. The number of allylic oxidation sites excluding steroid dienone is 1. The summed E-state index contributed by atoms with van der Waals surface area (Å²) in [7, 11) is 9.43. The van der Waals surface area contributed by atoms with Gasteiger partial charge in [0.2, 0.25) is 0 Å². The first-order valence-corrected chi connectivity index (χ1v) is 2.66. The van der Waals surface area contributed by atoms with Gasteiger partial charge in [0.05, 0.1) is 0 Å². The Bertz CT molecular complexity index is 101. The van der Waals surface area contributed by atoms with Gasteiger partial charge in [-0.25, -0.2) is 0 Å². The van der Waals surface area contributed by atoms with Crippen LogP contribution in [0.15, 0.2) is 11.2 Å². The van der Waals surface area contributed by atoms with Crippen LogP contribution in [0.2, 0.25) is 0 Å². The van der Waals surface area contributed by atoms with E-state index in [0.717, 1.165) is 11.2 Å². The molecule has 0 aliphatic carbocycles. The quantitative estimate of drug-likeness (QED) is 0.453. The third-order valence-corrected chi connectivity index (χ3v) is 0.994. The summed E-state index contributed by atoms with van der Waals surface area (Å²) in [5.74, 6) is 0. The van der Waals surface area contributed by atoms with Crippen molar-refractivity contribution in [3.63, 3.8) is 0 Å². The SMILES string of the molecule is [B]C(=C(C)C)N(C)C. The van der Waals surface area contributed by atoms with Crippen LogP contribution in [0.5, 0.6) is 0 Å². The van der Waals surface area contributed by atoms with Crippen molar-refractivity contribution in [3.05, 3.63) is 11.2 Å². The molecule has 0 rings (SSSR count). The molecule has 44 valence electrons. The molecule has 2 radical (unpaired) electrons. The first-order chi connectivity index (χ1) is 3.55. The summed E-state index contributed by atoms with van der Waals surface area (Å²) in [4.78, 5) is 1.90. The fraction of sp³-hybridized carbons (Fsp3) is 0.667. The van der Waals surface area contributed by atoms with E-state index in [9.17, 15) is 0 Å². The van der Waals surface area contributed by atoms with Crippen LogP contribution in [-0.2, 0) is 0 Å². The molecule has 0 aliphatic heterocycles. The third-order valence-electron chi connectivity index (χ3n) is 0.994. The molecule has 0 fully saturated rings. The number of hydrogen-bond donors (Lipinski definition) is 0. The predicted molar refractivity (Wildman–Crippen MR) is 37.8 cm³/mol. The van der Waals surface area contributed by atoms with E-state index in [1.807, 2.05) is 32.8 Å². The lowest BCUT2D eigenvalue weighted by Gasteiger charge is -2.14. The zero-order valence-corrected chi connectivity index (χ0v) is 6.02. The van der Waals surface area contributed by atoms with Crippen LogP contribution in [-0.4, -0.2) is 26.8 Å². The highest BCUT2D eigenvalue weighted by atomic mass is 15.1. The second-order valence-corrected chi connectivity index (χ2v) is 2.28. The molecule has 8 heavy (non-hydrogen) atoms. The van der Waals surface area contributed by atoms with E-state index in [2.05, 4.69) is 0 Å². The Morgan fingerprint density at radius 2 is 1.62 bits per heavy atom. The molecular weight excluding hydrogens is 96.9 g/mol. The maximum Gasteiger partial charge on any atom is 0.138 e. The van der Waals surface area contributed by atoms with Crippen molar-refractivity contribution < 1.29 is 0 Å². The van der Waals surface area contributed by atoms with E-state index in [1.54, 1.807) is 0 Å². The van der Waals surface area contributed by atoms with Gasteiger partial charge in [-0.3, -0.25) is 0 Å². The molecule has 0 saturated heterocycles. The second kappa shape index (κ2) is 2.80. The molecule has 0 spiro atoms. The molecule has 0 bridgehead atoms. The van der Waals surface area contributed by atoms with Crippen LogP contribution in [0.25, 0.3) is 0 Å². The van der Waals surface area contributed by atoms with Crippen molar-refractivity contribution >= 4 is 7.85 Å². The normalized spacial score (nSPS) is 8.50. The van der Waals surface area contributed by atoms with Crippen molar-refractivity contribution in [2.24, 2.45) is 0 Å². The maximum absolute atomic E-state index is 5.56. The molecule has 2 heteroatoms. The smallest absolute Gasteiger partial charge is 0.138 e. The predicted octanol–water partition coefficient (Wildman–Crippen LogP) is 0.968. The average molecular weight is 109 g/mol. The highest BCUT2D eigenvalue weighted by Crippen LogP contribution is 1.98. The lowest BCUT2D eigenvalue weighted by atomic mass is 9.99. The summed E-state index contributed by atoms with van der Waals surface area (Å²) in [6.45, 7) is 3.99. The van der Waals surface area contributed by atoms with E-state index in [4.69, 9.17) is 7.85 Å². The lowest BCUT2D eigenvalue weighted by Crippen LogP contribution is -2.11. The standard InChI is InChI=1S/C6H12BN/c1-5(2)6(7)8(3)4/h1-4H3. The molecule has 0 aliphatic rings. The van der Waals surface area contributed by atoms with Crippen LogP contribution < -0.4 is 0 Å². The van der Waals surface area contributed by atoms with Crippen LogP contribution in [0.1, 0.15) is 13.8 Å². The molecule has 0 aromatic rings. The third kappa shape index (κ3) is 2.06. The summed E-state index contributed by atoms with van der Waals surface area (Å²) in [5.41, 5.74) is 2.01. The van der Waals surface area contributed by atoms with Gasteiger partial charge in [0.25, 0.3) is 0 Å². The van der Waals surface area contributed by atoms with Gasteiger partial charge in [-0.15, -0.1) is 0 Å². The number of nitrogens with zero attached hydrogens (tertiary/aromatic N) is 1. The molecule has 0 aromatic heterocycles. The van der Waals surface area contributed by atoms with Crippen LogP contribution >= 0.6 is 0 Å². The van der Waals surface area contributed by atoms with Gasteiger partial charge in [-0.2, -0.15) is 0 Å². The van der Waals surface area contributed by atoms with Crippen LogP contribution in [0.4, 0.5) is 0 Å². The number of hydrogen-bond acceptors (Lipinski definition) is 1. The Morgan fingerprint density at radius 3 is 1.62 bits per heavy atom. The first-order valence-electron chi connectivity index (χ1n) is 2.66. The topological polar surface area (TPSA) is 3.24 Å². The molecule has 0 saturated carbocycles. The first kappa shape index (κ1) is 7.60. The van der Waals surface area contributed by atoms with Gasteiger partial charge in [0.1, 0.15) is 7.85 Å². The van der Waals surface area contributed by atoms with E-state index in [0.29, 0.717) is 0 Å². The van der Waals surface area contributed by atoms with E-state index >= 15 is 0 Å². The highest BCUT2D eigenvalue weighted by molar-refractivity contribution is 6.21. The zero-order chi connectivity index (χ0) is 6.73. The Kier molecular flexibility index (Phi) is 2.66. The molecular formula is C6H12BN. The summed E-state index contributed by atoms with van der Waals surface area (Å²) < 4.78 is 0. The average Bonchev–Trinajstić information content (AvgIpc) is 1.64. The maximum atomic E-state index is 5.56. The highest BCUT2D eigenvalue weighted by Gasteiger charge is 1.89. The molecule has 0 unspecified atom stereocenters. The largest absolute Gasteiger partial charge is 0.390 e. The van der Waals surface area contributed by atoms with Gasteiger partial charge in [-0.1, -0.05) is 5.57 Å². The summed E-state index contributed by atoms with van der Waals surface area (Å²) >= 11 is 0. The van der Waals surface area contributed by atoms with Crippen LogP contribution in [0.3, 0.4) is 0 Å². The Hall–Kier alpha value is -0.395. The minimum absolute atomic E-state index is 0.852. The van der Waals surface area contributed by atoms with E-state index in [1.165, 1.54) is 0 Å². The number of rotatable bonds is 1. The molecule has 0 amide bonds. The minimum atomic E-state index is 0.852. The lowest BCUT2D eigenvalue weighted by molar-refractivity contribution is 0.540. The minimum Gasteiger partial charge on any atom is -0.390 e. The van der Waals surface area contributed by atoms with Gasteiger partial charge < -0.3 is 4.90 Å². The van der Waals surface area contributed by atoms with Gasteiger partial charge >= 0.3 is 0 Å². The second-order valence-electron chi connectivity index (χ2n) is 2.28. The van der Waals surface area contributed by atoms with Gasteiger partial charge in [0, 0.05) is 14.1 Å². The molecule has 0 aromatic carbocycles. The van der Waals surface area contributed by atoms with Crippen molar-refractivity contribution in [3.8, 4) is 0 Å². The molecule has 0 atom stereocenters. The molecule has 1 nitrogen and oxygen atoms in total. The van der Waals surface area contributed by atoms with Crippen molar-refractivity contribution in [1.82, 2.24) is 4.90 Å². The van der Waals surface area contributed by atoms with Crippen LogP contribution in [0, 0.1) is 0 Å². The van der Waals surface area contributed by atoms with Gasteiger partial charge in [0.15, 0.2) is 0 Å². The zero-order valence-electron chi connectivity index (χ0n) is 6.02. The van der Waals surface area contributed by atoms with Crippen molar-refractivity contribution in [2.45, 2.75) is 13.8 Å². The Morgan fingerprint density at radius 1 is 1.25 bits per heavy atom. The van der Waals surface area contributed by atoms with Gasteiger partial charge in [-0.05, 0) is 19.4 Å². The summed E-state index contributed by atoms with van der Waals surface area (Å²) in [6, 6.07) is 0. The molecule has 0 heterocycles. The molecule has 0 N–H and O–H groups in total. The fourth-order valence-electron chi connectivity index (χ4n) is 0.447. The van der Waals surface area contributed by atoms with Crippen molar-refractivity contribution in [1.29, 1.82) is 0 Å².